The van der Waals surface area contributed by atoms with Gasteiger partial charge in [0.05, 0.1) is 5.69 Å². The van der Waals surface area contributed by atoms with E-state index in [0.717, 1.165) is 23.6 Å². The van der Waals surface area contributed by atoms with Gasteiger partial charge in [-0.05, 0) is 19.1 Å². The van der Waals surface area contributed by atoms with Gasteiger partial charge in [0.15, 0.2) is 5.82 Å². The van der Waals surface area contributed by atoms with Crippen LogP contribution < -0.4 is 5.32 Å². The van der Waals surface area contributed by atoms with Crippen molar-refractivity contribution in [3.63, 3.8) is 0 Å². The van der Waals surface area contributed by atoms with E-state index in [1.165, 1.54) is 5.56 Å². The van der Waals surface area contributed by atoms with E-state index in [-0.39, 0.29) is 0 Å². The Kier molecular flexibility index (Phi) is 4.05. The zero-order chi connectivity index (χ0) is 13.0. The van der Waals surface area contributed by atoms with Gasteiger partial charge in [-0.3, -0.25) is 0 Å². The number of hydrogen-bond acceptors (Lipinski definition) is 3. The summed E-state index contributed by atoms with van der Waals surface area (Å²) in [7, 11) is 0. The van der Waals surface area contributed by atoms with Crippen molar-refractivity contribution in [1.82, 2.24) is 15.3 Å². The predicted octanol–water partition coefficient (Wildman–Crippen LogP) is 2.95. The summed E-state index contributed by atoms with van der Waals surface area (Å²) in [5, 5.41) is 3.36. The minimum absolute atomic E-state index is 0.461. The highest BCUT2D eigenvalue weighted by Gasteiger charge is 2.03. The molecule has 1 aromatic carbocycles. The van der Waals surface area contributed by atoms with Crippen molar-refractivity contribution < 1.29 is 0 Å². The van der Waals surface area contributed by atoms with Gasteiger partial charge < -0.3 is 5.32 Å². The number of aromatic nitrogens is 2. The van der Waals surface area contributed by atoms with Gasteiger partial charge in [-0.15, -0.1) is 0 Å². The largest absolute Gasteiger partial charge is 0.309 e. The van der Waals surface area contributed by atoms with Crippen LogP contribution >= 0.6 is 0 Å². The molecule has 1 N–H and O–H groups in total. The summed E-state index contributed by atoms with van der Waals surface area (Å²) in [4.78, 5) is 8.92. The topological polar surface area (TPSA) is 37.8 Å². The molecule has 0 fully saturated rings. The lowest BCUT2D eigenvalue weighted by molar-refractivity contribution is 0.581. The van der Waals surface area contributed by atoms with Crippen LogP contribution in [0.5, 0.6) is 0 Å². The molecule has 0 aliphatic rings. The highest BCUT2D eigenvalue weighted by molar-refractivity contribution is 5.55. The lowest BCUT2D eigenvalue weighted by Crippen LogP contribution is -2.22. The van der Waals surface area contributed by atoms with E-state index in [4.69, 9.17) is 0 Å². The lowest BCUT2D eigenvalue weighted by Gasteiger charge is -2.08. The van der Waals surface area contributed by atoms with Crippen LogP contribution in [0, 0.1) is 6.92 Å². The van der Waals surface area contributed by atoms with Crippen LogP contribution in [0.4, 0.5) is 0 Å². The Bertz CT molecular complexity index is 521. The molecule has 2 rings (SSSR count). The fourth-order valence-electron chi connectivity index (χ4n) is 1.73. The Hall–Kier alpha value is -1.74. The fourth-order valence-corrected chi connectivity index (χ4v) is 1.73. The van der Waals surface area contributed by atoms with Crippen molar-refractivity contribution >= 4 is 0 Å². The Balaban J connectivity index is 2.21. The molecule has 0 saturated heterocycles. The molecule has 0 bridgehead atoms. The number of nitrogens with one attached hydrogen (secondary N) is 1. The molecule has 0 atom stereocenters. The van der Waals surface area contributed by atoms with E-state index < -0.39 is 0 Å². The molecule has 0 saturated carbocycles. The van der Waals surface area contributed by atoms with E-state index in [0.29, 0.717) is 6.04 Å². The zero-order valence-electron chi connectivity index (χ0n) is 11.1. The Morgan fingerprint density at radius 3 is 2.78 bits per heavy atom. The van der Waals surface area contributed by atoms with Crippen LogP contribution in [0.2, 0.25) is 0 Å². The molecule has 18 heavy (non-hydrogen) atoms. The van der Waals surface area contributed by atoms with E-state index in [1.54, 1.807) is 0 Å². The number of nitrogens with zero attached hydrogens (tertiary/aromatic N) is 2. The highest BCUT2D eigenvalue weighted by atomic mass is 14.9. The smallest absolute Gasteiger partial charge is 0.159 e. The van der Waals surface area contributed by atoms with Crippen LogP contribution in [0.3, 0.4) is 0 Å². The molecule has 0 unspecified atom stereocenters. The van der Waals surface area contributed by atoms with Crippen molar-refractivity contribution in [2.24, 2.45) is 0 Å². The average Bonchev–Trinajstić information content (AvgIpc) is 2.37. The summed E-state index contributed by atoms with van der Waals surface area (Å²) < 4.78 is 0. The first-order valence-electron chi connectivity index (χ1n) is 6.27. The Morgan fingerprint density at radius 1 is 1.22 bits per heavy atom. The summed E-state index contributed by atoms with van der Waals surface area (Å²) in [6.45, 7) is 7.11. The van der Waals surface area contributed by atoms with Crippen LogP contribution in [-0.4, -0.2) is 16.0 Å². The van der Waals surface area contributed by atoms with Gasteiger partial charge in [0.1, 0.15) is 0 Å². The van der Waals surface area contributed by atoms with E-state index in [2.05, 4.69) is 48.2 Å². The molecule has 0 aliphatic heterocycles. The van der Waals surface area contributed by atoms with Crippen molar-refractivity contribution in [3.05, 3.63) is 47.8 Å². The minimum atomic E-state index is 0.461. The maximum Gasteiger partial charge on any atom is 0.159 e. The molecule has 0 aliphatic carbocycles. The van der Waals surface area contributed by atoms with Crippen molar-refractivity contribution in [3.8, 4) is 11.4 Å². The van der Waals surface area contributed by atoms with Gasteiger partial charge in [-0.1, -0.05) is 37.6 Å². The van der Waals surface area contributed by atoms with Crippen molar-refractivity contribution in [2.75, 3.05) is 0 Å². The molecular weight excluding hydrogens is 222 g/mol. The SMILES string of the molecule is Cc1cccc(-c2nccc(CNC(C)C)n2)c1. The quantitative estimate of drug-likeness (QED) is 0.894. The molecule has 3 heteroatoms. The number of hydrogen-bond donors (Lipinski definition) is 1. The fraction of sp³-hybridized carbons (Fsp3) is 0.333. The van der Waals surface area contributed by atoms with E-state index >= 15 is 0 Å². The summed E-state index contributed by atoms with van der Waals surface area (Å²) >= 11 is 0. The monoisotopic (exact) mass is 241 g/mol. The molecule has 0 spiro atoms. The first-order chi connectivity index (χ1) is 8.65. The maximum atomic E-state index is 4.58. The number of aryl methyl sites for hydroxylation is 1. The van der Waals surface area contributed by atoms with Crippen LogP contribution in [0.1, 0.15) is 25.1 Å². The van der Waals surface area contributed by atoms with Gasteiger partial charge in [0.25, 0.3) is 0 Å². The normalized spacial score (nSPS) is 10.9. The first-order valence-corrected chi connectivity index (χ1v) is 6.27. The second-order valence-corrected chi connectivity index (χ2v) is 4.78. The molecule has 0 radical (unpaired) electrons. The van der Waals surface area contributed by atoms with Crippen LogP contribution in [-0.2, 0) is 6.54 Å². The van der Waals surface area contributed by atoms with Gasteiger partial charge in [0, 0.05) is 24.3 Å². The minimum Gasteiger partial charge on any atom is -0.309 e. The van der Waals surface area contributed by atoms with Crippen LogP contribution in [0.15, 0.2) is 36.5 Å². The Labute approximate surface area is 108 Å². The predicted molar refractivity (Wildman–Crippen MR) is 74.2 cm³/mol. The third-order valence-corrected chi connectivity index (χ3v) is 2.68. The number of benzene rings is 1. The molecule has 1 heterocycles. The summed E-state index contributed by atoms with van der Waals surface area (Å²) in [5.74, 6) is 0.793. The molecule has 94 valence electrons. The van der Waals surface area contributed by atoms with Crippen molar-refractivity contribution in [1.29, 1.82) is 0 Å². The van der Waals surface area contributed by atoms with Gasteiger partial charge >= 0.3 is 0 Å². The summed E-state index contributed by atoms with van der Waals surface area (Å²) in [5.41, 5.74) is 3.32. The molecule has 2 aromatic rings. The summed E-state index contributed by atoms with van der Waals surface area (Å²) in [6.07, 6.45) is 1.82. The third-order valence-electron chi connectivity index (χ3n) is 2.68. The third kappa shape index (κ3) is 3.37. The van der Waals surface area contributed by atoms with Gasteiger partial charge in [-0.2, -0.15) is 0 Å². The molecule has 1 aromatic heterocycles. The van der Waals surface area contributed by atoms with Crippen molar-refractivity contribution in [2.45, 2.75) is 33.4 Å². The highest BCUT2D eigenvalue weighted by Crippen LogP contribution is 2.15. The Morgan fingerprint density at radius 2 is 2.06 bits per heavy atom. The van der Waals surface area contributed by atoms with Gasteiger partial charge in [-0.25, -0.2) is 9.97 Å². The first kappa shape index (κ1) is 12.7. The average molecular weight is 241 g/mol. The van der Waals surface area contributed by atoms with E-state index in [9.17, 15) is 0 Å². The second-order valence-electron chi connectivity index (χ2n) is 4.78. The number of rotatable bonds is 4. The standard InChI is InChI=1S/C15H19N3/c1-11(2)17-10-14-7-8-16-15(18-14)13-6-4-5-12(3)9-13/h4-9,11,17H,10H2,1-3H3. The maximum absolute atomic E-state index is 4.58. The van der Waals surface area contributed by atoms with E-state index in [1.807, 2.05) is 24.4 Å². The van der Waals surface area contributed by atoms with Gasteiger partial charge in [0.2, 0.25) is 0 Å². The molecule has 3 nitrogen and oxygen atoms in total. The lowest BCUT2D eigenvalue weighted by atomic mass is 10.1. The summed E-state index contributed by atoms with van der Waals surface area (Å²) in [6, 6.07) is 10.7. The molecule has 0 amide bonds. The zero-order valence-corrected chi connectivity index (χ0v) is 11.1. The second kappa shape index (κ2) is 5.74. The molecular formula is C15H19N3. The van der Waals surface area contributed by atoms with Crippen LogP contribution in [0.25, 0.3) is 11.4 Å².